The van der Waals surface area contributed by atoms with Gasteiger partial charge >= 0.3 is 0 Å². The highest BCUT2D eigenvalue weighted by atomic mass is 16.1. The van der Waals surface area contributed by atoms with Gasteiger partial charge in [-0.15, -0.1) is 0 Å². The number of carbonyl (C=O) groups excluding carboxylic acids is 1. The number of hydrogen-bond acceptors (Lipinski definition) is 3. The number of amidine groups is 1. The van der Waals surface area contributed by atoms with Gasteiger partial charge in [0.05, 0.1) is 17.2 Å². The van der Waals surface area contributed by atoms with Crippen molar-refractivity contribution in [3.63, 3.8) is 0 Å². The molecule has 2 unspecified atom stereocenters. The van der Waals surface area contributed by atoms with Crippen molar-refractivity contribution >= 4 is 23.5 Å². The van der Waals surface area contributed by atoms with Gasteiger partial charge in [-0.2, -0.15) is 0 Å². The molecule has 4 nitrogen and oxygen atoms in total. The Kier molecular flexibility index (Phi) is 6.13. The van der Waals surface area contributed by atoms with E-state index in [-0.39, 0.29) is 0 Å². The van der Waals surface area contributed by atoms with E-state index in [1.165, 1.54) is 5.56 Å². The van der Waals surface area contributed by atoms with Crippen LogP contribution in [0.25, 0.3) is 0 Å². The molecule has 3 rings (SSSR count). The number of nitrogens with two attached hydrogens (primary N) is 1. The quantitative estimate of drug-likeness (QED) is 0.388. The molecule has 0 radical (unpaired) electrons. The number of nitrogens with one attached hydrogen (secondary N) is 1. The second-order valence-electron chi connectivity index (χ2n) is 6.03. The number of rotatable bonds is 3. The maximum Gasteiger partial charge on any atom is 0.123 e. The van der Waals surface area contributed by atoms with Crippen LogP contribution in [-0.4, -0.2) is 19.2 Å². The average Bonchev–Trinajstić information content (AvgIpc) is 3.39. The molecule has 1 aliphatic carbocycles. The molecule has 4 heteroatoms. The average molecular weight is 323 g/mol. The summed E-state index contributed by atoms with van der Waals surface area (Å²) < 4.78 is 0. The molecule has 2 aromatic rings. The fourth-order valence-electron chi connectivity index (χ4n) is 2.55. The van der Waals surface area contributed by atoms with Crippen LogP contribution in [0.3, 0.4) is 0 Å². The SMILES string of the molecule is CN=C(C)Nc1c(C)cccc1N.O=CC1CC1c1ccccc1. The van der Waals surface area contributed by atoms with Gasteiger partial charge in [0.2, 0.25) is 0 Å². The van der Waals surface area contributed by atoms with Crippen LogP contribution in [0.15, 0.2) is 53.5 Å². The lowest BCUT2D eigenvalue weighted by molar-refractivity contribution is -0.108. The largest absolute Gasteiger partial charge is 0.397 e. The van der Waals surface area contributed by atoms with Crippen LogP contribution >= 0.6 is 0 Å². The molecule has 24 heavy (non-hydrogen) atoms. The van der Waals surface area contributed by atoms with Crippen molar-refractivity contribution in [3.05, 3.63) is 59.7 Å². The summed E-state index contributed by atoms with van der Waals surface area (Å²) in [5, 5.41) is 3.15. The van der Waals surface area contributed by atoms with E-state index in [0.717, 1.165) is 35.5 Å². The van der Waals surface area contributed by atoms with Crippen LogP contribution < -0.4 is 11.1 Å². The van der Waals surface area contributed by atoms with Gasteiger partial charge in [-0.25, -0.2) is 0 Å². The predicted molar refractivity (Wildman–Crippen MR) is 102 cm³/mol. The first-order chi connectivity index (χ1) is 11.6. The first-order valence-corrected chi connectivity index (χ1v) is 8.12. The number of benzene rings is 2. The number of carbonyl (C=O) groups is 1. The van der Waals surface area contributed by atoms with Crippen molar-refractivity contribution in [2.45, 2.75) is 26.2 Å². The van der Waals surface area contributed by atoms with Crippen molar-refractivity contribution in [2.75, 3.05) is 18.1 Å². The van der Waals surface area contributed by atoms with E-state index < -0.39 is 0 Å². The monoisotopic (exact) mass is 323 g/mol. The zero-order chi connectivity index (χ0) is 17.5. The molecule has 0 saturated heterocycles. The van der Waals surface area contributed by atoms with Gasteiger partial charge < -0.3 is 15.8 Å². The Labute approximate surface area is 143 Å². The minimum absolute atomic E-state index is 0.303. The van der Waals surface area contributed by atoms with E-state index in [9.17, 15) is 4.79 Å². The summed E-state index contributed by atoms with van der Waals surface area (Å²) in [7, 11) is 1.75. The van der Waals surface area contributed by atoms with Gasteiger partial charge in [0, 0.05) is 13.0 Å². The Hall–Kier alpha value is -2.62. The zero-order valence-electron chi connectivity index (χ0n) is 14.5. The number of aryl methyl sites for hydroxylation is 1. The molecule has 1 saturated carbocycles. The van der Waals surface area contributed by atoms with Gasteiger partial charge in [0.15, 0.2) is 0 Å². The summed E-state index contributed by atoms with van der Waals surface area (Å²) in [5.41, 5.74) is 9.95. The van der Waals surface area contributed by atoms with E-state index in [2.05, 4.69) is 22.4 Å². The Balaban J connectivity index is 0.000000175. The third-order valence-corrected chi connectivity index (χ3v) is 4.19. The summed E-state index contributed by atoms with van der Waals surface area (Å²) in [6.45, 7) is 3.92. The van der Waals surface area contributed by atoms with E-state index in [1.807, 2.05) is 50.2 Å². The van der Waals surface area contributed by atoms with Crippen LogP contribution in [0.2, 0.25) is 0 Å². The van der Waals surface area contributed by atoms with Gasteiger partial charge in [0.1, 0.15) is 6.29 Å². The summed E-state index contributed by atoms with van der Waals surface area (Å²) >= 11 is 0. The molecule has 0 aromatic heterocycles. The lowest BCUT2D eigenvalue weighted by atomic mass is 10.1. The van der Waals surface area contributed by atoms with Crippen molar-refractivity contribution in [2.24, 2.45) is 10.9 Å². The number of anilines is 2. The van der Waals surface area contributed by atoms with Crippen molar-refractivity contribution in [3.8, 4) is 0 Å². The molecule has 0 amide bonds. The molecule has 0 bridgehead atoms. The van der Waals surface area contributed by atoms with Crippen LogP contribution in [0.5, 0.6) is 0 Å². The van der Waals surface area contributed by atoms with Crippen molar-refractivity contribution < 1.29 is 4.79 Å². The first-order valence-electron chi connectivity index (χ1n) is 8.12. The normalized spacial score (nSPS) is 19.0. The van der Waals surface area contributed by atoms with Gasteiger partial charge in [-0.3, -0.25) is 4.99 Å². The summed E-state index contributed by atoms with van der Waals surface area (Å²) in [6.07, 6.45) is 2.12. The Morgan fingerprint density at radius 3 is 2.46 bits per heavy atom. The fraction of sp³-hybridized carbons (Fsp3) is 0.300. The van der Waals surface area contributed by atoms with Gasteiger partial charge in [-0.05, 0) is 43.4 Å². The molecule has 0 spiro atoms. The van der Waals surface area contributed by atoms with Gasteiger partial charge in [-0.1, -0.05) is 42.5 Å². The summed E-state index contributed by atoms with van der Waals surface area (Å²) in [5.74, 6) is 1.69. The molecular formula is C20H25N3O. The topological polar surface area (TPSA) is 67.5 Å². The first kappa shape index (κ1) is 17.7. The highest BCUT2D eigenvalue weighted by Crippen LogP contribution is 2.45. The second kappa shape index (κ2) is 8.29. The van der Waals surface area contributed by atoms with E-state index in [1.54, 1.807) is 7.05 Å². The van der Waals surface area contributed by atoms with E-state index in [0.29, 0.717) is 11.8 Å². The number of aldehydes is 1. The highest BCUT2D eigenvalue weighted by molar-refractivity contribution is 5.96. The summed E-state index contributed by atoms with van der Waals surface area (Å²) in [4.78, 5) is 14.4. The van der Waals surface area contributed by atoms with Crippen LogP contribution in [-0.2, 0) is 4.79 Å². The maximum atomic E-state index is 10.4. The van der Waals surface area contributed by atoms with Crippen molar-refractivity contribution in [1.82, 2.24) is 0 Å². The lowest BCUT2D eigenvalue weighted by Gasteiger charge is -2.10. The molecule has 0 heterocycles. The highest BCUT2D eigenvalue weighted by Gasteiger charge is 2.37. The summed E-state index contributed by atoms with van der Waals surface area (Å²) in [6, 6.07) is 16.1. The third-order valence-electron chi connectivity index (χ3n) is 4.19. The predicted octanol–water partition coefficient (Wildman–Crippen LogP) is 4.03. The van der Waals surface area contributed by atoms with Crippen LogP contribution in [0.1, 0.15) is 30.4 Å². The number of hydrogen-bond donors (Lipinski definition) is 2. The minimum Gasteiger partial charge on any atom is -0.397 e. The Bertz CT molecular complexity index is 690. The lowest BCUT2D eigenvalue weighted by Crippen LogP contribution is -2.09. The fourth-order valence-corrected chi connectivity index (χ4v) is 2.55. The minimum atomic E-state index is 0.303. The number of nitrogen functional groups attached to an aromatic ring is 1. The third kappa shape index (κ3) is 4.69. The molecule has 2 aromatic carbocycles. The molecule has 2 atom stereocenters. The number of aliphatic imine (C=N–C) groups is 1. The molecule has 126 valence electrons. The zero-order valence-corrected chi connectivity index (χ0v) is 14.5. The van der Waals surface area contributed by atoms with Crippen LogP contribution in [0, 0.1) is 12.8 Å². The molecule has 3 N–H and O–H groups in total. The number of nitrogens with zero attached hydrogens (tertiary/aromatic N) is 1. The smallest absolute Gasteiger partial charge is 0.123 e. The van der Waals surface area contributed by atoms with E-state index >= 15 is 0 Å². The van der Waals surface area contributed by atoms with E-state index in [4.69, 9.17) is 5.73 Å². The maximum absolute atomic E-state index is 10.4. The Morgan fingerprint density at radius 1 is 1.21 bits per heavy atom. The molecule has 1 fully saturated rings. The Morgan fingerprint density at radius 2 is 1.92 bits per heavy atom. The second-order valence-corrected chi connectivity index (χ2v) is 6.03. The van der Waals surface area contributed by atoms with Crippen LogP contribution in [0.4, 0.5) is 11.4 Å². The molecule has 1 aliphatic rings. The molecular weight excluding hydrogens is 298 g/mol. The van der Waals surface area contributed by atoms with Gasteiger partial charge in [0.25, 0.3) is 0 Å². The number of para-hydroxylation sites is 1. The standard InChI is InChI=1S/C10H15N3.C10H10O/c1-7-5-4-6-9(11)10(7)13-8(2)12-3;11-7-9-6-10(9)8-4-2-1-3-5-8/h4-6H,11H2,1-3H3,(H,12,13);1-5,7,9-10H,6H2. The molecule has 0 aliphatic heterocycles. The van der Waals surface area contributed by atoms with Crippen molar-refractivity contribution in [1.29, 1.82) is 0 Å².